The fourth-order valence-electron chi connectivity index (χ4n) is 5.87. The summed E-state index contributed by atoms with van der Waals surface area (Å²) in [5, 5.41) is 16.5. The zero-order valence-electron chi connectivity index (χ0n) is 20.8. The van der Waals surface area contributed by atoms with E-state index in [1.54, 1.807) is 22.6 Å². The zero-order valence-corrected chi connectivity index (χ0v) is 20.8. The lowest BCUT2D eigenvalue weighted by Gasteiger charge is -2.38. The number of urea groups is 1. The van der Waals surface area contributed by atoms with Gasteiger partial charge in [0.15, 0.2) is 0 Å². The van der Waals surface area contributed by atoms with Gasteiger partial charge in [0.25, 0.3) is 5.56 Å². The molecule has 1 aliphatic carbocycles. The van der Waals surface area contributed by atoms with Gasteiger partial charge in [0, 0.05) is 42.9 Å². The molecular formula is C27H34N4O5. The normalized spacial score (nSPS) is 24.6. The number of hydrogen-bond donors (Lipinski definition) is 3. The van der Waals surface area contributed by atoms with Gasteiger partial charge in [0.1, 0.15) is 5.75 Å². The quantitative estimate of drug-likeness (QED) is 0.547. The van der Waals surface area contributed by atoms with Crippen LogP contribution in [-0.4, -0.2) is 58.9 Å². The number of carbonyl (C=O) groups is 2. The molecule has 2 aromatic rings. The smallest absolute Gasteiger partial charge is 0.318 e. The summed E-state index contributed by atoms with van der Waals surface area (Å²) < 4.78 is 7.02. The lowest BCUT2D eigenvalue weighted by atomic mass is 9.85. The van der Waals surface area contributed by atoms with Crippen LogP contribution < -0.4 is 20.9 Å². The summed E-state index contributed by atoms with van der Waals surface area (Å²) in [6.07, 6.45) is 3.75. The predicted octanol–water partition coefficient (Wildman–Crippen LogP) is 2.28. The molecule has 2 bridgehead atoms. The Labute approximate surface area is 210 Å². The Morgan fingerprint density at radius 3 is 2.67 bits per heavy atom. The molecule has 9 nitrogen and oxygen atoms in total. The number of nitrogens with one attached hydrogen (secondary N) is 2. The number of benzene rings is 1. The Morgan fingerprint density at radius 2 is 2.00 bits per heavy atom. The van der Waals surface area contributed by atoms with Crippen LogP contribution in [0.2, 0.25) is 0 Å². The minimum Gasteiger partial charge on any atom is -0.497 e. The molecule has 2 fully saturated rings. The van der Waals surface area contributed by atoms with Crippen molar-refractivity contribution in [3.63, 3.8) is 0 Å². The van der Waals surface area contributed by atoms with Gasteiger partial charge in [0.05, 0.1) is 25.1 Å². The maximum Gasteiger partial charge on any atom is 0.318 e. The van der Waals surface area contributed by atoms with E-state index in [9.17, 15) is 19.5 Å². The number of amides is 3. The highest BCUT2D eigenvalue weighted by Crippen LogP contribution is 2.48. The maximum atomic E-state index is 13.7. The molecule has 0 spiro atoms. The van der Waals surface area contributed by atoms with E-state index in [1.807, 2.05) is 37.3 Å². The zero-order chi connectivity index (χ0) is 25.4. The number of rotatable bonds is 7. The number of nitrogens with zero attached hydrogens (tertiary/aromatic N) is 2. The van der Waals surface area contributed by atoms with Gasteiger partial charge in [-0.25, -0.2) is 4.79 Å². The summed E-state index contributed by atoms with van der Waals surface area (Å²) in [5.74, 6) is -0.607. The third-order valence-electron chi connectivity index (χ3n) is 7.94. The molecule has 1 saturated heterocycles. The summed E-state index contributed by atoms with van der Waals surface area (Å²) >= 11 is 0. The van der Waals surface area contributed by atoms with E-state index in [1.165, 1.54) is 0 Å². The standard InChI is InChI=1S/C27H34N4O5/c1-3-12-28-27(35)31-22-14-30-21(11-10-19(26(30)34)16-6-4-9-18(13-16)36-2)24(31)23(20(22)15-32)25(33)29-17-7-5-8-17/h4,6,9-11,13,17,20,22-24,32H,3,5,7-8,12,14-15H2,1-2H3,(H,28,35)(H,29,33)/t20-,22-,23+,24+/m1/s1. The second-order valence-corrected chi connectivity index (χ2v) is 9.98. The van der Waals surface area contributed by atoms with Gasteiger partial charge in [-0.05, 0) is 55.5 Å². The summed E-state index contributed by atoms with van der Waals surface area (Å²) in [7, 11) is 1.58. The van der Waals surface area contributed by atoms with Crippen LogP contribution in [0.1, 0.15) is 44.3 Å². The highest BCUT2D eigenvalue weighted by Gasteiger charge is 2.57. The Morgan fingerprint density at radius 1 is 1.19 bits per heavy atom. The van der Waals surface area contributed by atoms with E-state index in [0.717, 1.165) is 31.2 Å². The topological polar surface area (TPSA) is 113 Å². The van der Waals surface area contributed by atoms with Crippen LogP contribution >= 0.6 is 0 Å². The molecule has 1 aromatic heterocycles. The van der Waals surface area contributed by atoms with Crippen LogP contribution in [0, 0.1) is 11.8 Å². The number of aromatic nitrogens is 1. The summed E-state index contributed by atoms with van der Waals surface area (Å²) in [5.41, 5.74) is 1.71. The molecule has 3 aliphatic rings. The summed E-state index contributed by atoms with van der Waals surface area (Å²) in [6.45, 7) is 2.47. The highest BCUT2D eigenvalue weighted by molar-refractivity contribution is 5.84. The summed E-state index contributed by atoms with van der Waals surface area (Å²) in [4.78, 5) is 42.2. The van der Waals surface area contributed by atoms with Crippen LogP contribution in [0.5, 0.6) is 5.75 Å². The monoisotopic (exact) mass is 494 g/mol. The molecule has 3 amide bonds. The van der Waals surface area contributed by atoms with Crippen molar-refractivity contribution in [1.82, 2.24) is 20.1 Å². The Balaban J connectivity index is 1.58. The van der Waals surface area contributed by atoms with Crippen LogP contribution in [0.15, 0.2) is 41.2 Å². The van der Waals surface area contributed by atoms with Crippen molar-refractivity contribution in [3.8, 4) is 16.9 Å². The van der Waals surface area contributed by atoms with Crippen molar-refractivity contribution in [3.05, 3.63) is 52.4 Å². The SMILES string of the molecule is CCCNC(=O)N1[C@@H]2Cn3c(ccc(-c4cccc(OC)c4)c3=O)[C@H]1[C@@H](C(=O)NC1CCC1)[C@@H]2CO. The first-order valence-corrected chi connectivity index (χ1v) is 12.8. The van der Waals surface area contributed by atoms with E-state index in [4.69, 9.17) is 4.74 Å². The Bertz CT molecular complexity index is 1210. The van der Waals surface area contributed by atoms with Gasteiger partial charge in [-0.2, -0.15) is 0 Å². The number of ether oxygens (including phenoxy) is 1. The second-order valence-electron chi connectivity index (χ2n) is 9.98. The first kappa shape index (κ1) is 24.4. The molecule has 5 rings (SSSR count). The van der Waals surface area contributed by atoms with Gasteiger partial charge in [-0.15, -0.1) is 0 Å². The van der Waals surface area contributed by atoms with Gasteiger partial charge < -0.3 is 29.9 Å². The molecule has 0 unspecified atom stereocenters. The molecule has 192 valence electrons. The summed E-state index contributed by atoms with van der Waals surface area (Å²) in [6, 6.07) is 9.71. The largest absolute Gasteiger partial charge is 0.497 e. The first-order chi connectivity index (χ1) is 17.5. The third-order valence-corrected chi connectivity index (χ3v) is 7.94. The minimum absolute atomic E-state index is 0.136. The van der Waals surface area contributed by atoms with Gasteiger partial charge >= 0.3 is 6.03 Å². The molecule has 1 saturated carbocycles. The fourth-order valence-corrected chi connectivity index (χ4v) is 5.87. The molecule has 0 radical (unpaired) electrons. The minimum atomic E-state index is -0.635. The van der Waals surface area contributed by atoms with Crippen molar-refractivity contribution in [1.29, 1.82) is 0 Å². The van der Waals surface area contributed by atoms with Crippen molar-refractivity contribution in [2.75, 3.05) is 20.3 Å². The van der Waals surface area contributed by atoms with Crippen LogP contribution in [0.25, 0.3) is 11.1 Å². The number of carbonyl (C=O) groups excluding carboxylic acids is 2. The number of pyridine rings is 1. The molecule has 4 atom stereocenters. The Kier molecular flexibility index (Phi) is 6.75. The number of aliphatic hydroxyl groups is 1. The van der Waals surface area contributed by atoms with Gasteiger partial charge in [-0.1, -0.05) is 19.1 Å². The second kappa shape index (κ2) is 9.97. The number of methoxy groups -OCH3 is 1. The van der Waals surface area contributed by atoms with Gasteiger partial charge in [0.2, 0.25) is 5.91 Å². The van der Waals surface area contributed by atoms with Crippen molar-refractivity contribution < 1.29 is 19.4 Å². The van der Waals surface area contributed by atoms with Crippen molar-refractivity contribution in [2.45, 2.75) is 57.3 Å². The lowest BCUT2D eigenvalue weighted by molar-refractivity contribution is -0.128. The van der Waals surface area contributed by atoms with E-state index in [0.29, 0.717) is 23.6 Å². The molecule has 3 heterocycles. The predicted molar refractivity (Wildman–Crippen MR) is 135 cm³/mol. The Hall–Kier alpha value is -3.33. The number of fused-ring (bicyclic) bond motifs is 4. The average molecular weight is 495 g/mol. The average Bonchev–Trinajstić information content (AvgIpc) is 3.11. The molecular weight excluding hydrogens is 460 g/mol. The van der Waals surface area contributed by atoms with Crippen molar-refractivity contribution in [2.24, 2.45) is 11.8 Å². The van der Waals surface area contributed by atoms with Crippen LogP contribution in [-0.2, 0) is 11.3 Å². The molecule has 9 heteroatoms. The number of hydrogen-bond acceptors (Lipinski definition) is 5. The molecule has 2 aliphatic heterocycles. The fraction of sp³-hybridized carbons (Fsp3) is 0.519. The van der Waals surface area contributed by atoms with Crippen LogP contribution in [0.3, 0.4) is 0 Å². The van der Waals surface area contributed by atoms with Crippen LogP contribution in [0.4, 0.5) is 4.79 Å². The molecule has 36 heavy (non-hydrogen) atoms. The van der Waals surface area contributed by atoms with E-state index in [-0.39, 0.29) is 36.7 Å². The molecule has 3 N–H and O–H groups in total. The number of aliphatic hydroxyl groups excluding tert-OH is 1. The van der Waals surface area contributed by atoms with Crippen molar-refractivity contribution >= 4 is 11.9 Å². The van der Waals surface area contributed by atoms with E-state index in [2.05, 4.69) is 10.6 Å². The third kappa shape index (κ3) is 4.05. The van der Waals surface area contributed by atoms with Gasteiger partial charge in [-0.3, -0.25) is 9.59 Å². The lowest BCUT2D eigenvalue weighted by Crippen LogP contribution is -2.52. The van der Waals surface area contributed by atoms with E-state index < -0.39 is 23.9 Å². The highest BCUT2D eigenvalue weighted by atomic mass is 16.5. The molecule has 1 aromatic carbocycles. The first-order valence-electron chi connectivity index (χ1n) is 12.8. The van der Waals surface area contributed by atoms with E-state index >= 15 is 0 Å². The maximum absolute atomic E-state index is 13.7.